The van der Waals surface area contributed by atoms with Gasteiger partial charge in [0.1, 0.15) is 0 Å². The molecule has 0 amide bonds. The highest BCUT2D eigenvalue weighted by Gasteiger charge is 2.02. The van der Waals surface area contributed by atoms with Crippen molar-refractivity contribution in [2.24, 2.45) is 5.73 Å². The number of thioether (sulfide) groups is 1. The molecule has 20 heavy (non-hydrogen) atoms. The van der Waals surface area contributed by atoms with Gasteiger partial charge in [0.2, 0.25) is 0 Å². The first kappa shape index (κ1) is 18.7. The number of aryl methyl sites for hydroxylation is 1. The molecular weight excluding hydrogens is 306 g/mol. The van der Waals surface area contributed by atoms with Gasteiger partial charge in [-0.3, -0.25) is 14.5 Å². The highest BCUT2D eigenvalue weighted by molar-refractivity contribution is 7.98. The molecule has 1 aromatic heterocycles. The third kappa shape index (κ3) is 11.8. The molecule has 0 spiro atoms. The zero-order chi connectivity index (χ0) is 15.6. The second-order valence-corrected chi connectivity index (χ2v) is 5.52. The number of aromatic amines is 1. The van der Waals surface area contributed by atoms with Crippen molar-refractivity contribution in [3.05, 3.63) is 17.7 Å². The Morgan fingerprint density at radius 1 is 1.60 bits per heavy atom. The van der Waals surface area contributed by atoms with Crippen LogP contribution in [0.25, 0.3) is 0 Å². The number of nitrogens with zero attached hydrogens (tertiary/aromatic N) is 1. The van der Waals surface area contributed by atoms with E-state index in [1.54, 1.807) is 18.1 Å². The summed E-state index contributed by atoms with van der Waals surface area (Å²) in [6.07, 6.45) is 2.73. The van der Waals surface area contributed by atoms with Gasteiger partial charge in [-0.25, -0.2) is 4.98 Å². The van der Waals surface area contributed by atoms with E-state index in [0.29, 0.717) is 0 Å². The Morgan fingerprint density at radius 2 is 2.20 bits per heavy atom. The van der Waals surface area contributed by atoms with E-state index in [9.17, 15) is 0 Å². The van der Waals surface area contributed by atoms with Gasteiger partial charge in [0.25, 0.3) is 0 Å². The Hall–Kier alpha value is -1.30. The van der Waals surface area contributed by atoms with Gasteiger partial charge >= 0.3 is 10.4 Å². The summed E-state index contributed by atoms with van der Waals surface area (Å²) in [7, 11) is -4.67. The molecule has 0 aliphatic carbocycles. The van der Waals surface area contributed by atoms with Gasteiger partial charge in [-0.2, -0.15) is 20.2 Å². The number of hydrogen-bond acceptors (Lipinski definition) is 5. The van der Waals surface area contributed by atoms with Crippen molar-refractivity contribution >= 4 is 28.1 Å². The lowest BCUT2D eigenvalue weighted by molar-refractivity contribution is 0.381. The molecule has 0 fully saturated rings. The maximum Gasteiger partial charge on any atom is 0.394 e. The summed E-state index contributed by atoms with van der Waals surface area (Å²) in [5.41, 5.74) is 7.50. The maximum absolute atomic E-state index is 8.74. The standard InChI is InChI=1S/C9H17N5S.H2O4S/c1-2-7-8(14-6-13-7)5-15-4-3-12-9(10)11;1-5(2,3)4/h6H,2-5H2,1H3,(H,13,14)(H4,10,11,12);(H2,1,2,3,4). The largest absolute Gasteiger partial charge is 0.394 e. The number of aromatic nitrogens is 2. The van der Waals surface area contributed by atoms with Crippen LogP contribution in [0, 0.1) is 5.41 Å². The monoisotopic (exact) mass is 325 g/mol. The normalized spacial score (nSPS) is 10.6. The summed E-state index contributed by atoms with van der Waals surface area (Å²) >= 11 is 1.79. The van der Waals surface area contributed by atoms with Gasteiger partial charge in [0, 0.05) is 23.7 Å². The van der Waals surface area contributed by atoms with Crippen molar-refractivity contribution < 1.29 is 17.5 Å². The van der Waals surface area contributed by atoms with Crippen LogP contribution in [0.4, 0.5) is 0 Å². The topological polar surface area (TPSA) is 165 Å². The molecular formula is C9H19N5O4S2. The number of nitrogens with one attached hydrogen (secondary N) is 3. The number of rotatable bonds is 6. The van der Waals surface area contributed by atoms with Crippen LogP contribution in [-0.4, -0.2) is 45.7 Å². The molecule has 0 saturated carbocycles. The van der Waals surface area contributed by atoms with E-state index < -0.39 is 10.4 Å². The molecule has 9 nitrogen and oxygen atoms in total. The molecule has 1 heterocycles. The van der Waals surface area contributed by atoms with Gasteiger partial charge in [0.15, 0.2) is 5.96 Å². The van der Waals surface area contributed by atoms with Crippen molar-refractivity contribution in [3.8, 4) is 0 Å². The number of imidazole rings is 1. The second kappa shape index (κ2) is 9.58. The summed E-state index contributed by atoms with van der Waals surface area (Å²) < 4.78 is 31.6. The Balaban J connectivity index is 0.000000621. The predicted octanol–water partition coefficient (Wildman–Crippen LogP) is 0.0356. The van der Waals surface area contributed by atoms with Crippen LogP contribution in [0.15, 0.2) is 6.33 Å². The molecule has 7 N–H and O–H groups in total. The van der Waals surface area contributed by atoms with Crippen molar-refractivity contribution in [3.63, 3.8) is 0 Å². The maximum atomic E-state index is 8.74. The minimum Gasteiger partial charge on any atom is -0.370 e. The van der Waals surface area contributed by atoms with Crippen LogP contribution >= 0.6 is 11.8 Å². The molecule has 1 aromatic rings. The number of hydrogen-bond donors (Lipinski definition) is 6. The summed E-state index contributed by atoms with van der Waals surface area (Å²) in [6, 6.07) is 0. The summed E-state index contributed by atoms with van der Waals surface area (Å²) in [4.78, 5) is 7.38. The van der Waals surface area contributed by atoms with E-state index in [4.69, 9.17) is 28.7 Å². The van der Waals surface area contributed by atoms with Gasteiger partial charge in [-0.15, -0.1) is 0 Å². The molecule has 0 radical (unpaired) electrons. The van der Waals surface area contributed by atoms with Crippen molar-refractivity contribution in [2.75, 3.05) is 12.3 Å². The van der Waals surface area contributed by atoms with Gasteiger partial charge < -0.3 is 16.0 Å². The first-order valence-electron chi connectivity index (χ1n) is 5.60. The van der Waals surface area contributed by atoms with Crippen molar-refractivity contribution in [1.29, 1.82) is 5.41 Å². The highest BCUT2D eigenvalue weighted by Crippen LogP contribution is 2.12. The lowest BCUT2D eigenvalue weighted by Crippen LogP contribution is -2.31. The molecule has 0 aliphatic heterocycles. The minimum atomic E-state index is -4.67. The number of guanidine groups is 1. The zero-order valence-corrected chi connectivity index (χ0v) is 12.6. The highest BCUT2D eigenvalue weighted by atomic mass is 32.3. The van der Waals surface area contributed by atoms with Crippen molar-refractivity contribution in [1.82, 2.24) is 15.3 Å². The lowest BCUT2D eigenvalue weighted by atomic mass is 10.3. The fraction of sp³-hybridized carbons (Fsp3) is 0.556. The van der Waals surface area contributed by atoms with E-state index in [0.717, 1.165) is 30.2 Å². The first-order chi connectivity index (χ1) is 9.24. The van der Waals surface area contributed by atoms with Gasteiger partial charge in [0.05, 0.1) is 12.0 Å². The van der Waals surface area contributed by atoms with E-state index in [1.807, 2.05) is 0 Å². The first-order valence-corrected chi connectivity index (χ1v) is 8.15. The van der Waals surface area contributed by atoms with E-state index >= 15 is 0 Å². The van der Waals surface area contributed by atoms with Crippen LogP contribution in [0.3, 0.4) is 0 Å². The molecule has 1 rings (SSSR count). The third-order valence-electron chi connectivity index (χ3n) is 1.96. The second-order valence-electron chi connectivity index (χ2n) is 3.52. The van der Waals surface area contributed by atoms with Crippen molar-refractivity contribution in [2.45, 2.75) is 19.1 Å². The van der Waals surface area contributed by atoms with E-state index in [-0.39, 0.29) is 5.96 Å². The predicted molar refractivity (Wildman–Crippen MR) is 78.2 cm³/mol. The quantitative estimate of drug-likeness (QED) is 0.184. The minimum absolute atomic E-state index is 0.0321. The molecule has 0 bridgehead atoms. The Kier molecular flexibility index (Phi) is 8.96. The van der Waals surface area contributed by atoms with E-state index in [1.165, 1.54) is 5.69 Å². The van der Waals surface area contributed by atoms with Crippen LogP contribution in [0.1, 0.15) is 18.3 Å². The molecule has 0 atom stereocenters. The summed E-state index contributed by atoms with van der Waals surface area (Å²) in [6.45, 7) is 2.84. The smallest absolute Gasteiger partial charge is 0.370 e. The molecule has 0 saturated heterocycles. The van der Waals surface area contributed by atoms with Crippen LogP contribution in [0.5, 0.6) is 0 Å². The van der Waals surface area contributed by atoms with E-state index in [2.05, 4.69) is 22.2 Å². The molecule has 0 aliphatic rings. The molecule has 116 valence electrons. The molecule has 11 heteroatoms. The fourth-order valence-corrected chi connectivity index (χ4v) is 2.04. The van der Waals surface area contributed by atoms with Gasteiger partial charge in [-0.1, -0.05) is 6.92 Å². The van der Waals surface area contributed by atoms with Crippen LogP contribution in [0.2, 0.25) is 0 Å². The Labute approximate surface area is 121 Å². The lowest BCUT2D eigenvalue weighted by Gasteiger charge is -2.03. The van der Waals surface area contributed by atoms with Crippen LogP contribution in [-0.2, 0) is 22.6 Å². The van der Waals surface area contributed by atoms with Crippen LogP contribution < -0.4 is 11.1 Å². The molecule has 0 unspecified atom stereocenters. The number of H-pyrrole nitrogens is 1. The Morgan fingerprint density at radius 3 is 2.70 bits per heavy atom. The zero-order valence-electron chi connectivity index (χ0n) is 11.0. The number of nitrogens with two attached hydrogens (primary N) is 1. The average Bonchev–Trinajstić information content (AvgIpc) is 2.73. The molecule has 0 aromatic carbocycles. The average molecular weight is 325 g/mol. The van der Waals surface area contributed by atoms with Gasteiger partial charge in [-0.05, 0) is 6.42 Å². The fourth-order valence-electron chi connectivity index (χ4n) is 1.21. The third-order valence-corrected chi connectivity index (χ3v) is 2.93. The summed E-state index contributed by atoms with van der Waals surface area (Å²) in [5.74, 6) is 1.87. The Bertz CT molecular complexity index is 494. The SMILES string of the molecule is CCc1[nH]cnc1CSCCNC(=N)N.O=S(=O)(O)O. The summed E-state index contributed by atoms with van der Waals surface area (Å²) in [5, 5.41) is 9.74.